The number of likely N-dealkylation sites (tertiary alicyclic amines) is 1. The van der Waals surface area contributed by atoms with Gasteiger partial charge in [0.15, 0.2) is 5.96 Å². The number of piperidine rings is 1. The van der Waals surface area contributed by atoms with Crippen LogP contribution in [0.5, 0.6) is 0 Å². The number of thiophene rings is 1. The van der Waals surface area contributed by atoms with Gasteiger partial charge in [-0.1, -0.05) is 12.1 Å². The van der Waals surface area contributed by atoms with E-state index >= 15 is 0 Å². The van der Waals surface area contributed by atoms with Crippen LogP contribution in [0.15, 0.2) is 53.1 Å². The molecule has 1 aliphatic rings. The van der Waals surface area contributed by atoms with Crippen LogP contribution in [0.3, 0.4) is 0 Å². The highest BCUT2D eigenvalue weighted by Crippen LogP contribution is 2.36. The smallest absolute Gasteiger partial charge is 0.190 e. The van der Waals surface area contributed by atoms with Crippen LogP contribution in [0.1, 0.15) is 29.5 Å². The number of hydrogen-bond acceptors (Lipinski definition) is 4. The molecule has 0 saturated carbocycles. The summed E-state index contributed by atoms with van der Waals surface area (Å²) in [4.78, 5) is 13.0. The molecule has 3 aromatic heterocycles. The molecule has 8 heteroatoms. The number of halogens is 1. The minimum Gasteiger partial charge on any atom is -0.356 e. The fourth-order valence-corrected chi connectivity index (χ4v) is 5.23. The number of pyridine rings is 1. The summed E-state index contributed by atoms with van der Waals surface area (Å²) in [7, 11) is 4.09. The number of rotatable bonds is 6. The highest BCUT2D eigenvalue weighted by molar-refractivity contribution is 14.0. The molecule has 0 bridgehead atoms. The fourth-order valence-electron chi connectivity index (χ4n) is 4.25. The zero-order chi connectivity index (χ0) is 20.1. The summed E-state index contributed by atoms with van der Waals surface area (Å²) >= 11 is 1.87. The van der Waals surface area contributed by atoms with Gasteiger partial charge in [-0.3, -0.25) is 9.89 Å². The van der Waals surface area contributed by atoms with E-state index < -0.39 is 0 Å². The maximum Gasteiger partial charge on any atom is 0.190 e. The lowest BCUT2D eigenvalue weighted by Crippen LogP contribution is -2.45. The number of nitrogens with one attached hydrogen (secondary N) is 2. The number of aromatic nitrogens is 2. The largest absolute Gasteiger partial charge is 0.356 e. The van der Waals surface area contributed by atoms with Crippen LogP contribution in [-0.4, -0.2) is 54.0 Å². The van der Waals surface area contributed by atoms with Gasteiger partial charge in [0, 0.05) is 49.9 Å². The SMILES string of the molecule is CN=C(NCCc1cn2ccccc2n1)NCC1CCCN(C)C1c1cccs1.I. The molecule has 0 aliphatic carbocycles. The van der Waals surface area contributed by atoms with Gasteiger partial charge in [-0.05, 0) is 55.9 Å². The summed E-state index contributed by atoms with van der Waals surface area (Å²) in [6.07, 6.45) is 7.50. The maximum absolute atomic E-state index is 4.66. The van der Waals surface area contributed by atoms with Crippen LogP contribution in [-0.2, 0) is 6.42 Å². The van der Waals surface area contributed by atoms with Crippen molar-refractivity contribution in [1.29, 1.82) is 0 Å². The highest BCUT2D eigenvalue weighted by atomic mass is 127. The van der Waals surface area contributed by atoms with Crippen LogP contribution in [0, 0.1) is 5.92 Å². The maximum atomic E-state index is 4.66. The predicted molar refractivity (Wildman–Crippen MR) is 136 cm³/mol. The van der Waals surface area contributed by atoms with E-state index in [-0.39, 0.29) is 24.0 Å². The molecule has 30 heavy (non-hydrogen) atoms. The number of aliphatic imine (C=N–C) groups is 1. The fraction of sp³-hybridized carbons (Fsp3) is 0.455. The van der Waals surface area contributed by atoms with Crippen molar-refractivity contribution < 1.29 is 0 Å². The second-order valence-electron chi connectivity index (χ2n) is 7.67. The molecule has 162 valence electrons. The van der Waals surface area contributed by atoms with Gasteiger partial charge < -0.3 is 15.0 Å². The Bertz CT molecular complexity index is 905. The summed E-state index contributed by atoms with van der Waals surface area (Å²) in [5.74, 6) is 1.45. The molecule has 1 fully saturated rings. The predicted octanol–water partition coefficient (Wildman–Crippen LogP) is 3.80. The molecule has 2 unspecified atom stereocenters. The zero-order valence-electron chi connectivity index (χ0n) is 17.6. The monoisotopic (exact) mass is 538 g/mol. The van der Waals surface area contributed by atoms with Gasteiger partial charge in [0.1, 0.15) is 5.65 Å². The minimum atomic E-state index is 0. The van der Waals surface area contributed by atoms with Crippen molar-refractivity contribution in [3.05, 3.63) is 58.7 Å². The lowest BCUT2D eigenvalue weighted by atomic mass is 9.88. The Morgan fingerprint density at radius 2 is 2.17 bits per heavy atom. The molecule has 1 saturated heterocycles. The average molecular weight is 539 g/mol. The van der Waals surface area contributed by atoms with Gasteiger partial charge >= 0.3 is 0 Å². The number of hydrogen-bond donors (Lipinski definition) is 2. The normalized spacial score (nSPS) is 20.1. The first-order valence-corrected chi connectivity index (χ1v) is 11.2. The van der Waals surface area contributed by atoms with E-state index in [0.29, 0.717) is 12.0 Å². The molecular formula is C22H31IN6S. The highest BCUT2D eigenvalue weighted by Gasteiger charge is 2.31. The lowest BCUT2D eigenvalue weighted by Gasteiger charge is -2.39. The van der Waals surface area contributed by atoms with E-state index in [0.717, 1.165) is 36.8 Å². The van der Waals surface area contributed by atoms with Crippen molar-refractivity contribution in [3.63, 3.8) is 0 Å². The van der Waals surface area contributed by atoms with E-state index in [4.69, 9.17) is 0 Å². The number of nitrogens with zero attached hydrogens (tertiary/aromatic N) is 4. The van der Waals surface area contributed by atoms with Gasteiger partial charge in [0.2, 0.25) is 0 Å². The molecule has 3 aromatic rings. The molecule has 6 nitrogen and oxygen atoms in total. The third-order valence-corrected chi connectivity index (χ3v) is 6.63. The molecule has 0 spiro atoms. The first kappa shape index (κ1) is 23.0. The lowest BCUT2D eigenvalue weighted by molar-refractivity contribution is 0.125. The summed E-state index contributed by atoms with van der Waals surface area (Å²) in [5.41, 5.74) is 2.08. The van der Waals surface area contributed by atoms with Crippen LogP contribution in [0.4, 0.5) is 0 Å². The van der Waals surface area contributed by atoms with Crippen molar-refractivity contribution in [2.75, 3.05) is 33.7 Å². The second kappa shape index (κ2) is 11.1. The quantitative estimate of drug-likeness (QED) is 0.285. The molecule has 1 aliphatic heterocycles. The van der Waals surface area contributed by atoms with Crippen LogP contribution in [0.2, 0.25) is 0 Å². The van der Waals surface area contributed by atoms with E-state index in [1.54, 1.807) is 0 Å². The van der Waals surface area contributed by atoms with Crippen molar-refractivity contribution in [3.8, 4) is 0 Å². The first-order chi connectivity index (χ1) is 14.2. The van der Waals surface area contributed by atoms with Gasteiger partial charge in [-0.15, -0.1) is 35.3 Å². The molecule has 0 radical (unpaired) electrons. The van der Waals surface area contributed by atoms with Gasteiger partial charge in [0.25, 0.3) is 0 Å². The third-order valence-electron chi connectivity index (χ3n) is 5.68. The summed E-state index contributed by atoms with van der Waals surface area (Å²) < 4.78 is 2.06. The van der Waals surface area contributed by atoms with Crippen LogP contribution in [0.25, 0.3) is 5.65 Å². The van der Waals surface area contributed by atoms with Gasteiger partial charge in [0.05, 0.1) is 5.69 Å². The van der Waals surface area contributed by atoms with Crippen molar-refractivity contribution in [2.24, 2.45) is 10.9 Å². The van der Waals surface area contributed by atoms with Crippen molar-refractivity contribution in [2.45, 2.75) is 25.3 Å². The minimum absolute atomic E-state index is 0. The number of guanidine groups is 1. The third kappa shape index (κ3) is 5.53. The molecule has 4 rings (SSSR count). The van der Waals surface area contributed by atoms with Gasteiger partial charge in [-0.25, -0.2) is 4.98 Å². The molecule has 0 aromatic carbocycles. The first-order valence-electron chi connectivity index (χ1n) is 10.4. The number of fused-ring (bicyclic) bond motifs is 1. The standard InChI is InChI=1S/C22H30N6S.HI/c1-23-22(24-11-10-18-16-28-13-4-3-9-20(28)26-18)25-15-17-7-5-12-27(2)21(17)19-8-6-14-29-19;/h3-4,6,8-9,13-14,16-17,21H,5,7,10-12,15H2,1-2H3,(H2,23,24,25);1H. The van der Waals surface area contributed by atoms with Crippen LogP contribution < -0.4 is 10.6 Å². The Balaban J connectivity index is 0.00000256. The molecule has 2 atom stereocenters. The molecule has 2 N–H and O–H groups in total. The molecule has 4 heterocycles. The Kier molecular flexibility index (Phi) is 8.52. The van der Waals surface area contributed by atoms with Crippen LogP contribution >= 0.6 is 35.3 Å². The summed E-state index contributed by atoms with van der Waals surface area (Å²) in [6, 6.07) is 11.0. The molecular weight excluding hydrogens is 507 g/mol. The average Bonchev–Trinajstić information content (AvgIpc) is 3.40. The summed E-state index contributed by atoms with van der Waals surface area (Å²) in [5, 5.41) is 9.18. The topological polar surface area (TPSA) is 57.0 Å². The Hall–Kier alpha value is -1.65. The van der Waals surface area contributed by atoms with E-state index in [1.165, 1.54) is 24.3 Å². The van der Waals surface area contributed by atoms with Crippen molar-refractivity contribution in [1.82, 2.24) is 24.9 Å². The summed E-state index contributed by atoms with van der Waals surface area (Å²) in [6.45, 7) is 2.91. The Morgan fingerprint density at radius 3 is 2.93 bits per heavy atom. The Morgan fingerprint density at radius 1 is 1.27 bits per heavy atom. The van der Waals surface area contributed by atoms with E-state index in [9.17, 15) is 0 Å². The second-order valence-corrected chi connectivity index (χ2v) is 8.65. The van der Waals surface area contributed by atoms with E-state index in [1.807, 2.05) is 42.8 Å². The van der Waals surface area contributed by atoms with Gasteiger partial charge in [-0.2, -0.15) is 0 Å². The van der Waals surface area contributed by atoms with E-state index in [2.05, 4.69) is 60.7 Å². The number of imidazole rings is 1. The zero-order valence-corrected chi connectivity index (χ0v) is 20.8. The Labute approximate surface area is 199 Å². The van der Waals surface area contributed by atoms with Crippen molar-refractivity contribution >= 4 is 46.9 Å². The molecule has 0 amide bonds.